The Labute approximate surface area is 171 Å². The van der Waals surface area contributed by atoms with Gasteiger partial charge in [-0.05, 0) is 37.1 Å². The lowest BCUT2D eigenvalue weighted by atomic mass is 10.0. The number of nitrogens with zero attached hydrogens (tertiary/aromatic N) is 2. The number of hydrogen-bond donors (Lipinski definition) is 0. The van der Waals surface area contributed by atoms with E-state index in [1.807, 2.05) is 6.07 Å². The van der Waals surface area contributed by atoms with E-state index in [0.29, 0.717) is 29.6 Å². The fraction of sp³-hybridized carbons (Fsp3) is 0.273. The first-order chi connectivity index (χ1) is 14.6. The van der Waals surface area contributed by atoms with Crippen molar-refractivity contribution < 1.29 is 27.9 Å². The fourth-order valence-electron chi connectivity index (χ4n) is 4.00. The van der Waals surface area contributed by atoms with Crippen LogP contribution in [0.3, 0.4) is 0 Å². The average Bonchev–Trinajstić information content (AvgIpc) is 3.52. The van der Waals surface area contributed by atoms with E-state index in [2.05, 4.69) is 5.16 Å². The number of halogens is 1. The number of hydrogen-bond acceptors (Lipinski definition) is 6. The number of benzene rings is 2. The van der Waals surface area contributed by atoms with Crippen molar-refractivity contribution in [1.29, 1.82) is 0 Å². The molecule has 1 amide bonds. The van der Waals surface area contributed by atoms with Gasteiger partial charge in [-0.2, -0.15) is 0 Å². The second-order valence-electron chi connectivity index (χ2n) is 7.19. The molecule has 0 aliphatic carbocycles. The zero-order valence-corrected chi connectivity index (χ0v) is 16.3. The van der Waals surface area contributed by atoms with Gasteiger partial charge in [0.15, 0.2) is 23.0 Å². The first kappa shape index (κ1) is 18.5. The van der Waals surface area contributed by atoms with E-state index in [9.17, 15) is 9.18 Å². The van der Waals surface area contributed by atoms with E-state index in [0.717, 1.165) is 24.0 Å². The Bertz CT molecular complexity index is 1110. The summed E-state index contributed by atoms with van der Waals surface area (Å²) in [6.07, 6.45) is 1.60. The van der Waals surface area contributed by atoms with E-state index >= 15 is 0 Å². The van der Waals surface area contributed by atoms with E-state index < -0.39 is 0 Å². The van der Waals surface area contributed by atoms with Gasteiger partial charge in [-0.15, -0.1) is 0 Å². The Balaban J connectivity index is 1.41. The maximum absolute atomic E-state index is 13.6. The molecule has 0 N–H and O–H groups in total. The van der Waals surface area contributed by atoms with Crippen molar-refractivity contribution in [2.75, 3.05) is 20.4 Å². The van der Waals surface area contributed by atoms with E-state index in [1.54, 1.807) is 29.2 Å². The van der Waals surface area contributed by atoms with Crippen LogP contribution in [0.15, 0.2) is 47.0 Å². The summed E-state index contributed by atoms with van der Waals surface area (Å²) in [5.41, 5.74) is 1.74. The lowest BCUT2D eigenvalue weighted by Gasteiger charge is -2.25. The number of carbonyl (C=O) groups excluding carboxylic acids is 1. The molecule has 2 aliphatic heterocycles. The van der Waals surface area contributed by atoms with Crippen LogP contribution in [0.2, 0.25) is 0 Å². The molecule has 0 bridgehead atoms. The molecule has 154 valence electrons. The summed E-state index contributed by atoms with van der Waals surface area (Å²) in [5.74, 6) is 1.58. The molecule has 0 spiro atoms. The first-order valence-electron chi connectivity index (χ1n) is 9.65. The molecule has 1 unspecified atom stereocenters. The van der Waals surface area contributed by atoms with Gasteiger partial charge in [0.1, 0.15) is 11.6 Å². The topological polar surface area (TPSA) is 74.0 Å². The minimum atomic E-state index is -0.378. The predicted octanol–water partition coefficient (Wildman–Crippen LogP) is 4.20. The molecular formula is C22H19FN2O5. The second kappa shape index (κ2) is 7.37. The Morgan fingerprint density at radius 1 is 1.17 bits per heavy atom. The molecule has 1 fully saturated rings. The predicted molar refractivity (Wildman–Crippen MR) is 104 cm³/mol. The zero-order chi connectivity index (χ0) is 20.7. The molecule has 2 aliphatic rings. The van der Waals surface area contributed by atoms with Crippen LogP contribution in [0, 0.1) is 5.82 Å². The Kier molecular flexibility index (Phi) is 4.54. The summed E-state index contributed by atoms with van der Waals surface area (Å²) in [4.78, 5) is 14.9. The van der Waals surface area contributed by atoms with Crippen molar-refractivity contribution in [3.8, 4) is 28.6 Å². The third-order valence-corrected chi connectivity index (χ3v) is 5.45. The minimum Gasteiger partial charge on any atom is -0.496 e. The number of fused-ring (bicyclic) bond motifs is 1. The Morgan fingerprint density at radius 2 is 2.03 bits per heavy atom. The van der Waals surface area contributed by atoms with Crippen LogP contribution >= 0.6 is 0 Å². The van der Waals surface area contributed by atoms with Crippen LogP contribution in [0.5, 0.6) is 17.2 Å². The highest BCUT2D eigenvalue weighted by Crippen LogP contribution is 2.39. The van der Waals surface area contributed by atoms with Crippen LogP contribution in [0.4, 0.5) is 4.39 Å². The molecule has 0 saturated carbocycles. The monoisotopic (exact) mass is 410 g/mol. The van der Waals surface area contributed by atoms with Crippen molar-refractivity contribution in [2.24, 2.45) is 0 Å². The largest absolute Gasteiger partial charge is 0.496 e. The number of rotatable bonds is 4. The first-order valence-corrected chi connectivity index (χ1v) is 9.65. The molecule has 30 heavy (non-hydrogen) atoms. The number of carbonyl (C=O) groups is 1. The van der Waals surface area contributed by atoms with Crippen molar-refractivity contribution in [3.63, 3.8) is 0 Å². The molecule has 2 aromatic carbocycles. The average molecular weight is 410 g/mol. The van der Waals surface area contributed by atoms with Crippen molar-refractivity contribution in [3.05, 3.63) is 59.5 Å². The number of ether oxygens (including phenoxy) is 3. The molecule has 3 aromatic rings. The highest BCUT2D eigenvalue weighted by molar-refractivity contribution is 5.93. The normalized spacial score (nSPS) is 17.4. The van der Waals surface area contributed by atoms with Crippen LogP contribution in [0.25, 0.3) is 11.3 Å². The molecule has 7 nitrogen and oxygen atoms in total. The molecule has 3 heterocycles. The van der Waals surface area contributed by atoms with Crippen molar-refractivity contribution in [2.45, 2.75) is 18.9 Å². The smallest absolute Gasteiger partial charge is 0.276 e. The molecular weight excluding hydrogens is 391 g/mol. The number of likely N-dealkylation sites (tertiary alicyclic amines) is 1. The van der Waals surface area contributed by atoms with Gasteiger partial charge >= 0.3 is 0 Å². The number of amides is 1. The molecule has 0 radical (unpaired) electrons. The van der Waals surface area contributed by atoms with Crippen molar-refractivity contribution >= 4 is 5.91 Å². The lowest BCUT2D eigenvalue weighted by molar-refractivity contribution is 0.0723. The van der Waals surface area contributed by atoms with Gasteiger partial charge in [0.2, 0.25) is 6.79 Å². The summed E-state index contributed by atoms with van der Waals surface area (Å²) >= 11 is 0. The van der Waals surface area contributed by atoms with Gasteiger partial charge in [-0.3, -0.25) is 4.79 Å². The maximum atomic E-state index is 13.6. The summed E-state index contributed by atoms with van der Waals surface area (Å²) < 4.78 is 35.1. The van der Waals surface area contributed by atoms with Crippen LogP contribution in [-0.4, -0.2) is 36.4 Å². The third kappa shape index (κ3) is 3.14. The van der Waals surface area contributed by atoms with Gasteiger partial charge in [0, 0.05) is 29.8 Å². The number of methoxy groups -OCH3 is 1. The van der Waals surface area contributed by atoms with Gasteiger partial charge < -0.3 is 23.6 Å². The highest BCUT2D eigenvalue weighted by atomic mass is 19.1. The molecule has 1 saturated heterocycles. The minimum absolute atomic E-state index is 0.183. The van der Waals surface area contributed by atoms with Gasteiger partial charge in [-0.25, -0.2) is 4.39 Å². The fourth-order valence-corrected chi connectivity index (χ4v) is 4.00. The molecule has 1 aromatic heterocycles. The summed E-state index contributed by atoms with van der Waals surface area (Å²) in [7, 11) is 1.49. The third-order valence-electron chi connectivity index (χ3n) is 5.45. The quantitative estimate of drug-likeness (QED) is 0.642. The maximum Gasteiger partial charge on any atom is 0.276 e. The SMILES string of the molecule is COc1cc(F)ccc1C1CCCN1C(=O)c1cc(-c2ccc3c(c2)OCO3)on1. The van der Waals surface area contributed by atoms with E-state index in [4.69, 9.17) is 18.7 Å². The second-order valence-corrected chi connectivity index (χ2v) is 7.19. The highest BCUT2D eigenvalue weighted by Gasteiger charge is 2.34. The van der Waals surface area contributed by atoms with E-state index in [-0.39, 0.29) is 30.3 Å². The Hall–Kier alpha value is -3.55. The summed E-state index contributed by atoms with van der Waals surface area (Å²) in [5, 5.41) is 3.99. The Morgan fingerprint density at radius 3 is 2.90 bits per heavy atom. The zero-order valence-electron chi connectivity index (χ0n) is 16.3. The van der Waals surface area contributed by atoms with Gasteiger partial charge in [-0.1, -0.05) is 11.2 Å². The summed E-state index contributed by atoms with van der Waals surface area (Å²) in [6.45, 7) is 0.762. The molecule has 1 atom stereocenters. The van der Waals surface area contributed by atoms with Crippen LogP contribution in [-0.2, 0) is 0 Å². The molecule has 8 heteroatoms. The van der Waals surface area contributed by atoms with E-state index in [1.165, 1.54) is 19.2 Å². The standard InChI is InChI=1S/C22H19FN2O5/c1-27-20-10-14(23)5-6-15(20)17-3-2-8-25(17)22(26)16-11-19(30-24-16)13-4-7-18-21(9-13)29-12-28-18/h4-7,9-11,17H,2-3,8,12H2,1H3. The van der Waals surface area contributed by atoms with Crippen molar-refractivity contribution in [1.82, 2.24) is 10.1 Å². The van der Waals surface area contributed by atoms with Crippen LogP contribution < -0.4 is 14.2 Å². The summed E-state index contributed by atoms with van der Waals surface area (Å²) in [6, 6.07) is 11.2. The number of aromatic nitrogens is 1. The van der Waals surface area contributed by atoms with Gasteiger partial charge in [0.05, 0.1) is 13.2 Å². The molecule has 5 rings (SSSR count). The lowest BCUT2D eigenvalue weighted by Crippen LogP contribution is -2.31. The van der Waals surface area contributed by atoms with Crippen LogP contribution in [0.1, 0.15) is 34.9 Å². The van der Waals surface area contributed by atoms with Gasteiger partial charge in [0.25, 0.3) is 5.91 Å².